The van der Waals surface area contributed by atoms with Gasteiger partial charge in [0.15, 0.2) is 6.29 Å². The summed E-state index contributed by atoms with van der Waals surface area (Å²) in [5, 5.41) is 26.1. The quantitative estimate of drug-likeness (QED) is 0.197. The number of carbonyl (C=O) groups is 3. The molecule has 298 valence electrons. The number of carbonyl (C=O) groups excluding carboxylic acids is 3. The Morgan fingerprint density at radius 1 is 1.04 bits per heavy atom. The first-order chi connectivity index (χ1) is 23.8. The Labute approximate surface area is 305 Å². The predicted octanol–water partition coefficient (Wildman–Crippen LogP) is 3.33. The molecule has 0 bridgehead atoms. The summed E-state index contributed by atoms with van der Waals surface area (Å²) in [6.45, 7) is 17.0. The number of methoxy groups -OCH3 is 2. The zero-order valence-corrected chi connectivity index (χ0v) is 33.3. The van der Waals surface area contributed by atoms with Crippen LogP contribution in [0.2, 0.25) is 0 Å². The van der Waals surface area contributed by atoms with Gasteiger partial charge in [0.1, 0.15) is 29.7 Å². The smallest absolute Gasteiger partial charge is 0.407 e. The highest BCUT2D eigenvalue weighted by Crippen LogP contribution is 2.40. The summed E-state index contributed by atoms with van der Waals surface area (Å²) in [6.07, 6.45) is -5.92. The number of hydrogen-bond acceptors (Lipinski definition) is 13. The van der Waals surface area contributed by atoms with E-state index in [2.05, 4.69) is 5.32 Å². The minimum absolute atomic E-state index is 0.141. The molecular formula is C37H68N2O12. The minimum Gasteiger partial charge on any atom is -0.459 e. The van der Waals surface area contributed by atoms with Gasteiger partial charge >= 0.3 is 12.1 Å². The fourth-order valence-corrected chi connectivity index (χ4v) is 7.89. The number of likely N-dealkylation sites (N-methyl/N-ethyl adjacent to an activating group) is 1. The molecule has 0 aliphatic carbocycles. The molecule has 0 radical (unpaired) electrons. The fraction of sp³-hybridized carbons (Fsp3) is 0.919. The fourth-order valence-electron chi connectivity index (χ4n) is 7.89. The molecule has 3 N–H and O–H groups in total. The number of ether oxygens (including phenoxy) is 7. The van der Waals surface area contributed by atoms with Crippen LogP contribution in [-0.4, -0.2) is 141 Å². The number of rotatable bonds is 12. The van der Waals surface area contributed by atoms with Crippen LogP contribution < -0.4 is 5.32 Å². The van der Waals surface area contributed by atoms with Crippen molar-refractivity contribution in [2.75, 3.05) is 48.1 Å². The highest BCUT2D eigenvalue weighted by Gasteiger charge is 2.53. The average Bonchev–Trinajstić information content (AvgIpc) is 3.07. The van der Waals surface area contributed by atoms with Gasteiger partial charge in [0.25, 0.3) is 0 Å². The molecular weight excluding hydrogens is 664 g/mol. The van der Waals surface area contributed by atoms with Crippen LogP contribution in [-0.2, 0) is 42.7 Å². The third-order valence-electron chi connectivity index (χ3n) is 10.9. The standard InChI is InChI=1S/C37H68N2O12/c1-14-27-37(9,44)32(45-12)23(5)28(40)21(3)20-36(8,46-13)31(51-34-29(41)26(39(10)11)19-22(4)48-34)24(6)30(25(7)33(42)49-27)50-35(43)38-17-16-18-47-15-2/h21-27,29-32,34,41,44H,14-20H2,1-13H3,(H,38,43)/t21-,22-,23+,24+,25-,26+,27-,29-,30+,31-,32-,34+,36-,37-/m1/s1. The lowest BCUT2D eigenvalue weighted by atomic mass is 9.73. The normalized spacial score (nSPS) is 40.4. The van der Waals surface area contributed by atoms with E-state index in [9.17, 15) is 24.6 Å². The van der Waals surface area contributed by atoms with Crippen molar-refractivity contribution in [2.24, 2.45) is 23.7 Å². The number of alkyl carbamates (subject to hydrolysis) is 1. The van der Waals surface area contributed by atoms with Gasteiger partial charge in [0.05, 0.1) is 29.8 Å². The number of hydrogen-bond donors (Lipinski definition) is 3. The summed E-state index contributed by atoms with van der Waals surface area (Å²) in [7, 11) is 6.66. The molecule has 2 rings (SSSR count). The molecule has 1 amide bonds. The monoisotopic (exact) mass is 732 g/mol. The molecule has 0 aromatic rings. The van der Waals surface area contributed by atoms with Crippen molar-refractivity contribution in [1.29, 1.82) is 0 Å². The Bertz CT molecular complexity index is 1110. The molecule has 2 fully saturated rings. The van der Waals surface area contributed by atoms with Crippen molar-refractivity contribution in [1.82, 2.24) is 10.2 Å². The lowest BCUT2D eigenvalue weighted by Gasteiger charge is -2.48. The van der Waals surface area contributed by atoms with E-state index in [1.807, 2.05) is 32.8 Å². The Hall–Kier alpha value is -1.91. The van der Waals surface area contributed by atoms with Crippen LogP contribution in [0, 0.1) is 23.7 Å². The molecule has 0 aromatic heterocycles. The summed E-state index contributed by atoms with van der Waals surface area (Å²) < 4.78 is 42.3. The van der Waals surface area contributed by atoms with Crippen molar-refractivity contribution in [2.45, 2.75) is 148 Å². The SMILES string of the molecule is CCOCCCNC(=O)O[C@H]1[C@H](C)[C@@H](O[C@@H]2O[C@H](C)C[C@H](N(C)C)[C@H]2O)[C@](C)(OC)C[C@@H](C)C(=O)[C@H](C)[C@@H](OC)[C@](C)(O)[C@@H](CC)OC(=O)[C@@H]1C. The maximum absolute atomic E-state index is 14.1. The zero-order chi connectivity index (χ0) is 38.8. The van der Waals surface area contributed by atoms with Gasteiger partial charge in [-0.05, 0) is 74.4 Å². The molecule has 2 saturated heterocycles. The van der Waals surface area contributed by atoms with Gasteiger partial charge < -0.3 is 53.6 Å². The Kier molecular flexibility index (Phi) is 17.7. The van der Waals surface area contributed by atoms with E-state index in [0.717, 1.165) is 0 Å². The van der Waals surface area contributed by atoms with E-state index in [1.54, 1.807) is 41.5 Å². The first kappa shape index (κ1) is 45.2. The van der Waals surface area contributed by atoms with Crippen molar-refractivity contribution < 1.29 is 57.8 Å². The van der Waals surface area contributed by atoms with Crippen molar-refractivity contribution in [3.8, 4) is 0 Å². The number of aliphatic hydroxyl groups is 2. The number of esters is 1. The first-order valence-electron chi connectivity index (χ1n) is 18.5. The van der Waals surface area contributed by atoms with Crippen LogP contribution >= 0.6 is 0 Å². The third-order valence-corrected chi connectivity index (χ3v) is 10.9. The van der Waals surface area contributed by atoms with Crippen LogP contribution in [0.25, 0.3) is 0 Å². The van der Waals surface area contributed by atoms with Crippen molar-refractivity contribution >= 4 is 17.8 Å². The second-order valence-corrected chi connectivity index (χ2v) is 15.2. The predicted molar refractivity (Wildman–Crippen MR) is 190 cm³/mol. The molecule has 0 saturated carbocycles. The van der Waals surface area contributed by atoms with Crippen LogP contribution in [0.5, 0.6) is 0 Å². The second kappa shape index (κ2) is 20.0. The second-order valence-electron chi connectivity index (χ2n) is 15.2. The number of nitrogens with one attached hydrogen (secondary N) is 1. The largest absolute Gasteiger partial charge is 0.459 e. The maximum Gasteiger partial charge on any atom is 0.407 e. The first-order valence-corrected chi connectivity index (χ1v) is 18.5. The van der Waals surface area contributed by atoms with E-state index >= 15 is 0 Å². The van der Waals surface area contributed by atoms with Gasteiger partial charge in [-0.3, -0.25) is 9.59 Å². The summed E-state index contributed by atoms with van der Waals surface area (Å²) >= 11 is 0. The van der Waals surface area contributed by atoms with Crippen LogP contribution in [0.15, 0.2) is 0 Å². The van der Waals surface area contributed by atoms with Crippen molar-refractivity contribution in [3.63, 3.8) is 0 Å². The van der Waals surface area contributed by atoms with Crippen molar-refractivity contribution in [3.05, 3.63) is 0 Å². The number of aliphatic hydroxyl groups excluding tert-OH is 1. The van der Waals surface area contributed by atoms with Gasteiger partial charge in [-0.25, -0.2) is 4.79 Å². The molecule has 2 aliphatic heterocycles. The molecule has 14 nitrogen and oxygen atoms in total. The Balaban J connectivity index is 2.73. The number of ketones is 1. The zero-order valence-electron chi connectivity index (χ0n) is 33.3. The molecule has 2 heterocycles. The Morgan fingerprint density at radius 2 is 1.69 bits per heavy atom. The van der Waals surface area contributed by atoms with Gasteiger partial charge in [-0.1, -0.05) is 27.7 Å². The molecule has 14 heteroatoms. The van der Waals surface area contributed by atoms with E-state index < -0.39 is 83.7 Å². The van der Waals surface area contributed by atoms with Gasteiger partial charge in [-0.15, -0.1) is 0 Å². The lowest BCUT2D eigenvalue weighted by Crippen LogP contribution is -2.61. The minimum atomic E-state index is -1.75. The number of Topliss-reactive ketones (excluding diaryl/α,β-unsaturated/α-hetero) is 1. The van der Waals surface area contributed by atoms with Crippen LogP contribution in [0.1, 0.15) is 88.0 Å². The molecule has 0 unspecified atom stereocenters. The molecule has 0 aromatic carbocycles. The molecule has 0 spiro atoms. The lowest BCUT2D eigenvalue weighted by molar-refractivity contribution is -0.301. The maximum atomic E-state index is 14.1. The van der Waals surface area contributed by atoms with E-state index in [0.29, 0.717) is 26.1 Å². The third kappa shape index (κ3) is 11.3. The van der Waals surface area contributed by atoms with Crippen LogP contribution in [0.3, 0.4) is 0 Å². The highest BCUT2D eigenvalue weighted by atomic mass is 16.7. The molecule has 14 atom stereocenters. The number of cyclic esters (lactones) is 1. The Morgan fingerprint density at radius 3 is 2.24 bits per heavy atom. The summed E-state index contributed by atoms with van der Waals surface area (Å²) in [4.78, 5) is 43.4. The van der Waals surface area contributed by atoms with E-state index in [4.69, 9.17) is 33.2 Å². The number of nitrogens with zero attached hydrogens (tertiary/aromatic N) is 1. The van der Waals surface area contributed by atoms with Gasteiger partial charge in [0, 0.05) is 57.8 Å². The van der Waals surface area contributed by atoms with Gasteiger partial charge in [0.2, 0.25) is 0 Å². The summed E-state index contributed by atoms with van der Waals surface area (Å²) in [5.41, 5.74) is -2.99. The number of amides is 1. The van der Waals surface area contributed by atoms with Gasteiger partial charge in [-0.2, -0.15) is 0 Å². The van der Waals surface area contributed by atoms with Crippen LogP contribution in [0.4, 0.5) is 4.79 Å². The average molecular weight is 733 g/mol. The van der Waals surface area contributed by atoms with E-state index in [-0.39, 0.29) is 37.3 Å². The molecule has 51 heavy (non-hydrogen) atoms. The topological polar surface area (TPSA) is 172 Å². The van der Waals surface area contributed by atoms with E-state index in [1.165, 1.54) is 21.1 Å². The summed E-state index contributed by atoms with van der Waals surface area (Å²) in [5.74, 6) is -4.18. The highest BCUT2D eigenvalue weighted by molar-refractivity contribution is 5.83. The summed E-state index contributed by atoms with van der Waals surface area (Å²) in [6, 6.07) is -0.282. The molecule has 2 aliphatic rings.